The molecule has 0 aromatic heterocycles. The summed E-state index contributed by atoms with van der Waals surface area (Å²) in [4.78, 5) is 10.9. The standard InChI is InChI=1S/C14H19NO5S/c1-10-5-3-2-4-8-15(10)21(19,20)11-6-7-13(16)12(9-11)14(17)18/h6-7,9-10,16H,2-5,8H2,1H3,(H,17,18). The number of aromatic hydroxyl groups is 1. The van der Waals surface area contributed by atoms with E-state index >= 15 is 0 Å². The van der Waals surface area contributed by atoms with Crippen LogP contribution in [0.5, 0.6) is 5.75 Å². The molecule has 116 valence electrons. The summed E-state index contributed by atoms with van der Waals surface area (Å²) in [5, 5.41) is 18.5. The van der Waals surface area contributed by atoms with Gasteiger partial charge in [-0.2, -0.15) is 4.31 Å². The van der Waals surface area contributed by atoms with E-state index in [4.69, 9.17) is 5.11 Å². The zero-order valence-electron chi connectivity index (χ0n) is 11.8. The summed E-state index contributed by atoms with van der Waals surface area (Å²) in [5.74, 6) is -1.79. The van der Waals surface area contributed by atoms with Crippen molar-refractivity contribution < 1.29 is 23.4 Å². The maximum absolute atomic E-state index is 12.7. The van der Waals surface area contributed by atoms with Gasteiger partial charge in [-0.05, 0) is 38.0 Å². The lowest BCUT2D eigenvalue weighted by atomic mass is 10.1. The molecule has 1 aliphatic rings. The first-order valence-corrected chi connectivity index (χ1v) is 8.36. The number of sulfonamides is 1. The van der Waals surface area contributed by atoms with Crippen molar-refractivity contribution in [3.8, 4) is 5.75 Å². The van der Waals surface area contributed by atoms with Crippen molar-refractivity contribution in [3.63, 3.8) is 0 Å². The third kappa shape index (κ3) is 3.19. The van der Waals surface area contributed by atoms with Crippen LogP contribution in [0.4, 0.5) is 0 Å². The Morgan fingerprint density at radius 1 is 1.29 bits per heavy atom. The zero-order chi connectivity index (χ0) is 15.6. The van der Waals surface area contributed by atoms with Crippen LogP contribution in [0, 0.1) is 0 Å². The van der Waals surface area contributed by atoms with Gasteiger partial charge in [0.25, 0.3) is 0 Å². The van der Waals surface area contributed by atoms with Crippen LogP contribution in [0.1, 0.15) is 43.0 Å². The first-order chi connectivity index (χ1) is 9.84. The van der Waals surface area contributed by atoms with Gasteiger partial charge in [-0.1, -0.05) is 12.8 Å². The molecule has 21 heavy (non-hydrogen) atoms. The van der Waals surface area contributed by atoms with Crippen LogP contribution in [0.3, 0.4) is 0 Å². The van der Waals surface area contributed by atoms with E-state index in [9.17, 15) is 18.3 Å². The largest absolute Gasteiger partial charge is 0.507 e. The summed E-state index contributed by atoms with van der Waals surface area (Å²) in [5.41, 5.74) is -0.404. The van der Waals surface area contributed by atoms with Gasteiger partial charge in [-0.3, -0.25) is 0 Å². The van der Waals surface area contributed by atoms with E-state index in [2.05, 4.69) is 0 Å². The SMILES string of the molecule is CC1CCCCCN1S(=O)(=O)c1ccc(O)c(C(=O)O)c1. The Labute approximate surface area is 124 Å². The lowest BCUT2D eigenvalue weighted by Crippen LogP contribution is -2.38. The fraction of sp³-hybridized carbons (Fsp3) is 0.500. The number of aromatic carboxylic acids is 1. The molecule has 0 bridgehead atoms. The summed E-state index contributed by atoms with van der Waals surface area (Å²) >= 11 is 0. The van der Waals surface area contributed by atoms with Crippen molar-refractivity contribution in [3.05, 3.63) is 23.8 Å². The van der Waals surface area contributed by atoms with E-state index in [0.29, 0.717) is 6.54 Å². The maximum atomic E-state index is 12.7. The summed E-state index contributed by atoms with van der Waals surface area (Å²) in [6, 6.07) is 3.26. The zero-order valence-corrected chi connectivity index (χ0v) is 12.6. The smallest absolute Gasteiger partial charge is 0.339 e. The topological polar surface area (TPSA) is 94.9 Å². The molecular weight excluding hydrogens is 294 g/mol. The average Bonchev–Trinajstić information content (AvgIpc) is 2.63. The molecule has 2 N–H and O–H groups in total. The van der Waals surface area contributed by atoms with Crippen LogP contribution in [-0.4, -0.2) is 41.5 Å². The van der Waals surface area contributed by atoms with Crippen molar-refractivity contribution in [1.82, 2.24) is 4.31 Å². The normalized spacial score (nSPS) is 20.9. The predicted molar refractivity (Wildman–Crippen MR) is 76.9 cm³/mol. The van der Waals surface area contributed by atoms with E-state index in [1.807, 2.05) is 6.92 Å². The van der Waals surface area contributed by atoms with Gasteiger partial charge >= 0.3 is 5.97 Å². The molecule has 1 aromatic carbocycles. The number of carboxylic acids is 1. The van der Waals surface area contributed by atoms with Crippen molar-refractivity contribution in [2.75, 3.05) is 6.54 Å². The fourth-order valence-corrected chi connectivity index (χ4v) is 4.31. The van der Waals surface area contributed by atoms with Gasteiger partial charge in [0.1, 0.15) is 11.3 Å². The van der Waals surface area contributed by atoms with Gasteiger partial charge < -0.3 is 10.2 Å². The lowest BCUT2D eigenvalue weighted by molar-refractivity contribution is 0.0693. The van der Waals surface area contributed by atoms with Gasteiger partial charge in [0, 0.05) is 12.6 Å². The minimum absolute atomic E-state index is 0.0912. The van der Waals surface area contributed by atoms with Crippen molar-refractivity contribution in [2.45, 2.75) is 43.5 Å². The molecule has 1 aliphatic heterocycles. The maximum Gasteiger partial charge on any atom is 0.339 e. The molecule has 0 spiro atoms. The van der Waals surface area contributed by atoms with Gasteiger partial charge in [0.15, 0.2) is 0 Å². The predicted octanol–water partition coefficient (Wildman–Crippen LogP) is 2.04. The fourth-order valence-electron chi connectivity index (χ4n) is 2.59. The molecule has 1 fully saturated rings. The summed E-state index contributed by atoms with van der Waals surface area (Å²) in [6.07, 6.45) is 3.58. The van der Waals surface area contributed by atoms with Crippen LogP contribution < -0.4 is 0 Å². The average molecular weight is 313 g/mol. The molecular formula is C14H19NO5S. The second kappa shape index (κ2) is 6.03. The first kappa shape index (κ1) is 15.8. The number of carboxylic acid groups (broad SMARTS) is 1. The lowest BCUT2D eigenvalue weighted by Gasteiger charge is -2.26. The summed E-state index contributed by atoms with van der Waals surface area (Å²) < 4.78 is 26.8. The molecule has 1 aromatic rings. The van der Waals surface area contributed by atoms with Gasteiger partial charge in [0.2, 0.25) is 10.0 Å². The molecule has 0 amide bonds. The Morgan fingerprint density at radius 3 is 2.67 bits per heavy atom. The molecule has 1 saturated heterocycles. The van der Waals surface area contributed by atoms with Crippen LogP contribution in [0.2, 0.25) is 0 Å². The second-order valence-corrected chi connectivity index (χ2v) is 7.19. The number of carbonyl (C=O) groups is 1. The number of hydrogen-bond donors (Lipinski definition) is 2. The molecule has 0 saturated carbocycles. The highest BCUT2D eigenvalue weighted by molar-refractivity contribution is 7.89. The van der Waals surface area contributed by atoms with Crippen LogP contribution in [-0.2, 0) is 10.0 Å². The summed E-state index contributed by atoms with van der Waals surface area (Å²) in [7, 11) is -3.75. The molecule has 0 radical (unpaired) electrons. The Morgan fingerprint density at radius 2 is 2.00 bits per heavy atom. The molecule has 1 heterocycles. The highest BCUT2D eigenvalue weighted by Gasteiger charge is 2.30. The number of benzene rings is 1. The molecule has 2 rings (SSSR count). The Bertz CT molecular complexity index is 641. The third-order valence-corrected chi connectivity index (χ3v) is 5.81. The van der Waals surface area contributed by atoms with Crippen LogP contribution in [0.25, 0.3) is 0 Å². The summed E-state index contributed by atoms with van der Waals surface area (Å²) in [6.45, 7) is 2.30. The number of rotatable bonds is 3. The molecule has 7 heteroatoms. The monoisotopic (exact) mass is 313 g/mol. The minimum Gasteiger partial charge on any atom is -0.507 e. The van der Waals surface area contributed by atoms with E-state index in [1.165, 1.54) is 10.4 Å². The van der Waals surface area contributed by atoms with Crippen LogP contribution in [0.15, 0.2) is 23.1 Å². The van der Waals surface area contributed by atoms with Gasteiger partial charge in [-0.25, -0.2) is 13.2 Å². The Kier molecular flexibility index (Phi) is 4.53. The van der Waals surface area contributed by atoms with Crippen LogP contribution >= 0.6 is 0 Å². The molecule has 0 aliphatic carbocycles. The van der Waals surface area contributed by atoms with E-state index < -0.39 is 27.3 Å². The molecule has 1 atom stereocenters. The van der Waals surface area contributed by atoms with Crippen molar-refractivity contribution in [1.29, 1.82) is 0 Å². The van der Waals surface area contributed by atoms with Crippen molar-refractivity contribution >= 4 is 16.0 Å². The highest BCUT2D eigenvalue weighted by Crippen LogP contribution is 2.27. The first-order valence-electron chi connectivity index (χ1n) is 6.92. The number of hydrogen-bond acceptors (Lipinski definition) is 4. The van der Waals surface area contributed by atoms with Gasteiger partial charge in [0.05, 0.1) is 4.90 Å². The highest BCUT2D eigenvalue weighted by atomic mass is 32.2. The number of nitrogens with zero attached hydrogens (tertiary/aromatic N) is 1. The third-order valence-electron chi connectivity index (χ3n) is 3.80. The molecule has 6 nitrogen and oxygen atoms in total. The Hall–Kier alpha value is -1.60. The quantitative estimate of drug-likeness (QED) is 0.890. The van der Waals surface area contributed by atoms with E-state index in [-0.39, 0.29) is 10.9 Å². The Balaban J connectivity index is 2.43. The second-order valence-electron chi connectivity index (χ2n) is 5.30. The molecule has 1 unspecified atom stereocenters. The minimum atomic E-state index is -3.75. The van der Waals surface area contributed by atoms with Gasteiger partial charge in [-0.15, -0.1) is 0 Å². The van der Waals surface area contributed by atoms with E-state index in [1.54, 1.807) is 0 Å². The van der Waals surface area contributed by atoms with Crippen molar-refractivity contribution in [2.24, 2.45) is 0 Å². The van der Waals surface area contributed by atoms with E-state index in [0.717, 1.165) is 37.8 Å². The number of phenols is 1.